The van der Waals surface area contributed by atoms with Gasteiger partial charge in [0.05, 0.1) is 4.90 Å². The molecule has 0 amide bonds. The summed E-state index contributed by atoms with van der Waals surface area (Å²) in [5.74, 6) is 0. The zero-order valence-electron chi connectivity index (χ0n) is 11.5. The smallest absolute Gasteiger partial charge is 0.238 e. The van der Waals surface area contributed by atoms with Gasteiger partial charge in [0.25, 0.3) is 0 Å². The van der Waals surface area contributed by atoms with Crippen molar-refractivity contribution in [3.05, 3.63) is 59.9 Å². The summed E-state index contributed by atoms with van der Waals surface area (Å²) in [6.07, 6.45) is 6.77. The molecule has 1 aliphatic carbocycles. The van der Waals surface area contributed by atoms with Crippen LogP contribution in [0.2, 0.25) is 0 Å². The minimum Gasteiger partial charge on any atom is -0.264 e. The molecule has 108 valence electrons. The van der Waals surface area contributed by atoms with Crippen LogP contribution in [-0.2, 0) is 10.0 Å². The normalized spacial score (nSPS) is 15.5. The van der Waals surface area contributed by atoms with Gasteiger partial charge in [-0.25, -0.2) is 13.6 Å². The van der Waals surface area contributed by atoms with E-state index < -0.39 is 10.0 Å². The van der Waals surface area contributed by atoms with E-state index in [1.807, 2.05) is 24.4 Å². The molecule has 0 radical (unpaired) electrons. The molecule has 0 atom stereocenters. The summed E-state index contributed by atoms with van der Waals surface area (Å²) >= 11 is 0. The largest absolute Gasteiger partial charge is 0.264 e. The summed E-state index contributed by atoms with van der Waals surface area (Å²) in [5.41, 5.74) is 4.76. The van der Waals surface area contributed by atoms with Gasteiger partial charge in [0.2, 0.25) is 10.0 Å². The molecule has 0 saturated carbocycles. The van der Waals surface area contributed by atoms with Gasteiger partial charge in [0, 0.05) is 12.4 Å². The molecule has 2 aromatic rings. The standard InChI is InChI=1S/C16H16N2O2S/c17-21(19,20)14-8-6-12(7-9-14)15-4-1-5-16(15)13-3-2-10-18-11-13/h2-3,6-11H,1,4-5H2,(H2,17,19,20). The van der Waals surface area contributed by atoms with Gasteiger partial charge in [-0.05, 0) is 59.7 Å². The second-order valence-corrected chi connectivity index (χ2v) is 6.68. The van der Waals surface area contributed by atoms with Crippen molar-refractivity contribution in [1.29, 1.82) is 0 Å². The fraction of sp³-hybridized carbons (Fsp3) is 0.188. The molecule has 1 aliphatic rings. The van der Waals surface area contributed by atoms with Crippen LogP contribution in [0.15, 0.2) is 53.7 Å². The lowest BCUT2D eigenvalue weighted by atomic mass is 9.98. The van der Waals surface area contributed by atoms with Gasteiger partial charge in [0.15, 0.2) is 0 Å². The Morgan fingerprint density at radius 3 is 2.19 bits per heavy atom. The minimum absolute atomic E-state index is 0.146. The van der Waals surface area contributed by atoms with Gasteiger partial charge in [0.1, 0.15) is 0 Å². The van der Waals surface area contributed by atoms with Crippen LogP contribution < -0.4 is 5.14 Å². The number of pyridine rings is 1. The number of hydrogen-bond donors (Lipinski definition) is 1. The molecule has 3 rings (SSSR count). The van der Waals surface area contributed by atoms with Crippen LogP contribution in [0.5, 0.6) is 0 Å². The lowest BCUT2D eigenvalue weighted by Crippen LogP contribution is -2.11. The molecule has 0 bridgehead atoms. The molecule has 4 nitrogen and oxygen atoms in total. The minimum atomic E-state index is -3.63. The lowest BCUT2D eigenvalue weighted by Gasteiger charge is -2.08. The number of nitrogens with two attached hydrogens (primary N) is 1. The van der Waals surface area contributed by atoms with E-state index in [-0.39, 0.29) is 4.90 Å². The highest BCUT2D eigenvalue weighted by Gasteiger charge is 2.18. The Balaban J connectivity index is 2.03. The molecule has 0 spiro atoms. The number of allylic oxidation sites excluding steroid dienone is 2. The Labute approximate surface area is 124 Å². The quantitative estimate of drug-likeness (QED) is 0.947. The summed E-state index contributed by atoms with van der Waals surface area (Å²) in [4.78, 5) is 4.32. The van der Waals surface area contributed by atoms with E-state index in [4.69, 9.17) is 5.14 Å². The second kappa shape index (κ2) is 5.42. The number of rotatable bonds is 3. The summed E-state index contributed by atoms with van der Waals surface area (Å²) in [7, 11) is -3.63. The number of sulfonamides is 1. The maximum Gasteiger partial charge on any atom is 0.238 e. The molecule has 21 heavy (non-hydrogen) atoms. The Morgan fingerprint density at radius 1 is 0.952 bits per heavy atom. The Hall–Kier alpha value is -1.98. The van der Waals surface area contributed by atoms with E-state index in [9.17, 15) is 8.42 Å². The van der Waals surface area contributed by atoms with Crippen molar-refractivity contribution in [3.63, 3.8) is 0 Å². The first-order chi connectivity index (χ1) is 10.1. The first-order valence-electron chi connectivity index (χ1n) is 6.81. The van der Waals surface area contributed by atoms with Crippen LogP contribution >= 0.6 is 0 Å². The highest BCUT2D eigenvalue weighted by molar-refractivity contribution is 7.89. The maximum absolute atomic E-state index is 11.3. The van der Waals surface area contributed by atoms with Crippen molar-refractivity contribution < 1.29 is 8.42 Å². The summed E-state index contributed by atoms with van der Waals surface area (Å²) in [5, 5.41) is 5.13. The zero-order valence-corrected chi connectivity index (χ0v) is 12.3. The number of benzene rings is 1. The van der Waals surface area contributed by atoms with Gasteiger partial charge >= 0.3 is 0 Å². The average molecular weight is 300 g/mol. The Kier molecular flexibility index (Phi) is 3.61. The molecular weight excluding hydrogens is 284 g/mol. The highest BCUT2D eigenvalue weighted by atomic mass is 32.2. The van der Waals surface area contributed by atoms with E-state index in [0.717, 1.165) is 30.4 Å². The molecule has 1 aromatic heterocycles. The van der Waals surface area contributed by atoms with Crippen LogP contribution in [0.25, 0.3) is 11.1 Å². The van der Waals surface area contributed by atoms with Crippen molar-refractivity contribution in [2.75, 3.05) is 0 Å². The van der Waals surface area contributed by atoms with E-state index >= 15 is 0 Å². The van der Waals surface area contributed by atoms with E-state index in [1.54, 1.807) is 18.3 Å². The summed E-state index contributed by atoms with van der Waals surface area (Å²) in [6.45, 7) is 0. The van der Waals surface area contributed by atoms with Gasteiger partial charge in [-0.15, -0.1) is 0 Å². The maximum atomic E-state index is 11.3. The number of primary sulfonamides is 1. The molecule has 0 aliphatic heterocycles. The zero-order chi connectivity index (χ0) is 14.9. The average Bonchev–Trinajstić information content (AvgIpc) is 2.97. The molecule has 0 saturated heterocycles. The number of aromatic nitrogens is 1. The van der Waals surface area contributed by atoms with Crippen LogP contribution in [0.1, 0.15) is 30.4 Å². The number of nitrogens with zero attached hydrogens (tertiary/aromatic N) is 1. The SMILES string of the molecule is NS(=O)(=O)c1ccc(C2=C(c3cccnc3)CCC2)cc1. The van der Waals surface area contributed by atoms with Crippen LogP contribution in [0.3, 0.4) is 0 Å². The second-order valence-electron chi connectivity index (χ2n) is 5.12. The van der Waals surface area contributed by atoms with Crippen molar-refractivity contribution in [2.45, 2.75) is 24.2 Å². The van der Waals surface area contributed by atoms with Crippen LogP contribution in [-0.4, -0.2) is 13.4 Å². The third-order valence-electron chi connectivity index (χ3n) is 3.76. The fourth-order valence-corrected chi connectivity index (χ4v) is 3.28. The summed E-state index contributed by atoms with van der Waals surface area (Å²) in [6, 6.07) is 10.8. The van der Waals surface area contributed by atoms with Crippen LogP contribution in [0.4, 0.5) is 0 Å². The van der Waals surface area contributed by atoms with Crippen molar-refractivity contribution in [3.8, 4) is 0 Å². The third-order valence-corrected chi connectivity index (χ3v) is 4.69. The number of hydrogen-bond acceptors (Lipinski definition) is 3. The van der Waals surface area contributed by atoms with Crippen molar-refractivity contribution in [2.24, 2.45) is 5.14 Å². The molecule has 0 fully saturated rings. The molecule has 0 unspecified atom stereocenters. The topological polar surface area (TPSA) is 73.1 Å². The first-order valence-corrected chi connectivity index (χ1v) is 8.36. The lowest BCUT2D eigenvalue weighted by molar-refractivity contribution is 0.598. The fourth-order valence-electron chi connectivity index (χ4n) is 2.77. The van der Waals surface area contributed by atoms with E-state index in [0.29, 0.717) is 0 Å². The molecule has 5 heteroatoms. The Bertz CT molecular complexity index is 779. The van der Waals surface area contributed by atoms with Gasteiger partial charge < -0.3 is 0 Å². The van der Waals surface area contributed by atoms with Gasteiger partial charge in [-0.2, -0.15) is 0 Å². The third kappa shape index (κ3) is 2.89. The molecular formula is C16H16N2O2S. The molecule has 2 N–H and O–H groups in total. The molecule has 1 heterocycles. The van der Waals surface area contributed by atoms with Gasteiger partial charge in [-0.3, -0.25) is 4.98 Å². The summed E-state index contributed by atoms with van der Waals surface area (Å²) < 4.78 is 22.6. The van der Waals surface area contributed by atoms with Gasteiger partial charge in [-0.1, -0.05) is 18.2 Å². The van der Waals surface area contributed by atoms with E-state index in [2.05, 4.69) is 11.1 Å². The first kappa shape index (κ1) is 14.0. The van der Waals surface area contributed by atoms with Crippen molar-refractivity contribution >= 4 is 21.2 Å². The predicted molar refractivity (Wildman–Crippen MR) is 82.7 cm³/mol. The van der Waals surface area contributed by atoms with E-state index in [1.165, 1.54) is 11.1 Å². The monoisotopic (exact) mass is 300 g/mol. The highest BCUT2D eigenvalue weighted by Crippen LogP contribution is 2.39. The van der Waals surface area contributed by atoms with Crippen molar-refractivity contribution in [1.82, 2.24) is 4.98 Å². The molecule has 1 aromatic carbocycles. The Morgan fingerprint density at radius 2 is 1.62 bits per heavy atom. The van der Waals surface area contributed by atoms with Crippen LogP contribution in [0, 0.1) is 0 Å². The predicted octanol–water partition coefficient (Wildman–Crippen LogP) is 2.82.